The molecule has 4 nitrogen and oxygen atoms in total. The van der Waals surface area contributed by atoms with Gasteiger partial charge in [0.2, 0.25) is 0 Å². The summed E-state index contributed by atoms with van der Waals surface area (Å²) in [6.07, 6.45) is 2.86. The van der Waals surface area contributed by atoms with E-state index >= 15 is 0 Å². The Morgan fingerprint density at radius 1 is 1.12 bits per heavy atom. The van der Waals surface area contributed by atoms with Crippen LogP contribution in [0, 0.1) is 0 Å². The van der Waals surface area contributed by atoms with E-state index in [9.17, 15) is 4.57 Å². The average Bonchev–Trinajstić information content (AvgIpc) is 2.28. The zero-order valence-corrected chi connectivity index (χ0v) is 10.6. The van der Waals surface area contributed by atoms with Gasteiger partial charge in [0.05, 0.1) is 12.3 Å². The predicted molar refractivity (Wildman–Crippen MR) is 66.9 cm³/mol. The molecule has 5 heteroatoms. The van der Waals surface area contributed by atoms with E-state index in [4.69, 9.17) is 14.9 Å². The molecule has 0 radical (unpaired) electrons. The van der Waals surface area contributed by atoms with Crippen LogP contribution in [0.3, 0.4) is 0 Å². The maximum absolute atomic E-state index is 11.0. The minimum atomic E-state index is -4.14. The molecule has 0 aliphatic heterocycles. The van der Waals surface area contributed by atoms with Crippen molar-refractivity contribution in [2.24, 2.45) is 0 Å². The molecule has 1 unspecified atom stereocenters. The van der Waals surface area contributed by atoms with Crippen LogP contribution >= 0.6 is 7.60 Å². The molecule has 1 rings (SSSR count). The van der Waals surface area contributed by atoms with Crippen molar-refractivity contribution in [2.45, 2.75) is 31.3 Å². The van der Waals surface area contributed by atoms with Gasteiger partial charge in [0.15, 0.2) is 0 Å². The van der Waals surface area contributed by atoms with Crippen LogP contribution in [0.2, 0.25) is 0 Å². The van der Waals surface area contributed by atoms with Gasteiger partial charge < -0.3 is 14.9 Å². The first-order valence-corrected chi connectivity index (χ1v) is 7.42. The number of benzene rings is 1. The van der Waals surface area contributed by atoms with E-state index in [0.717, 1.165) is 12.8 Å². The molecule has 0 heterocycles. The van der Waals surface area contributed by atoms with Gasteiger partial charge in [0.25, 0.3) is 0 Å². The summed E-state index contributed by atoms with van der Waals surface area (Å²) in [5.41, 5.74) is 0.322. The van der Waals surface area contributed by atoms with Gasteiger partial charge in [-0.3, -0.25) is 4.57 Å². The van der Waals surface area contributed by atoms with Crippen molar-refractivity contribution < 1.29 is 19.5 Å². The Balaban J connectivity index is 2.26. The fraction of sp³-hybridized carbons (Fsp3) is 0.500. The second kappa shape index (κ2) is 6.92. The van der Waals surface area contributed by atoms with Crippen molar-refractivity contribution in [1.82, 2.24) is 0 Å². The molecule has 0 fully saturated rings. The molecule has 0 aliphatic rings. The van der Waals surface area contributed by atoms with Crippen molar-refractivity contribution in [3.05, 3.63) is 35.9 Å². The molecule has 0 amide bonds. The lowest BCUT2D eigenvalue weighted by Gasteiger charge is -2.15. The second-order valence-electron chi connectivity index (χ2n) is 4.16. The average molecular weight is 258 g/mol. The van der Waals surface area contributed by atoms with E-state index in [1.54, 1.807) is 0 Å². The first-order valence-electron chi connectivity index (χ1n) is 5.74. The standard InChI is InChI=1S/C12H19O4P/c13-10-12(17(14,15)16)9-5-4-8-11-6-2-1-3-7-11/h1-3,6-7,12-13H,4-5,8-10H2,(H2,14,15,16). The summed E-state index contributed by atoms with van der Waals surface area (Å²) in [5, 5.41) is 8.89. The molecular formula is C12H19O4P. The van der Waals surface area contributed by atoms with E-state index in [1.165, 1.54) is 5.56 Å². The van der Waals surface area contributed by atoms with Crippen molar-refractivity contribution in [2.75, 3.05) is 6.61 Å². The smallest absolute Gasteiger partial charge is 0.330 e. The first-order chi connectivity index (χ1) is 8.04. The number of aryl methyl sites for hydroxylation is 1. The molecule has 0 saturated heterocycles. The van der Waals surface area contributed by atoms with Crippen LogP contribution in [0.15, 0.2) is 30.3 Å². The number of aliphatic hydroxyl groups is 1. The van der Waals surface area contributed by atoms with Crippen LogP contribution in [0.25, 0.3) is 0 Å². The molecule has 96 valence electrons. The van der Waals surface area contributed by atoms with Crippen LogP contribution in [-0.4, -0.2) is 27.2 Å². The van der Waals surface area contributed by atoms with Crippen molar-refractivity contribution in [3.8, 4) is 0 Å². The van der Waals surface area contributed by atoms with E-state index in [0.29, 0.717) is 12.8 Å². The number of aliphatic hydroxyl groups excluding tert-OH is 1. The summed E-state index contributed by atoms with van der Waals surface area (Å²) in [6.45, 7) is -0.449. The SMILES string of the molecule is O=P(O)(O)C(CO)CCCCc1ccccc1. The van der Waals surface area contributed by atoms with E-state index in [-0.39, 0.29) is 0 Å². The monoisotopic (exact) mass is 258 g/mol. The van der Waals surface area contributed by atoms with Gasteiger partial charge in [-0.05, 0) is 24.8 Å². The molecule has 17 heavy (non-hydrogen) atoms. The minimum Gasteiger partial charge on any atom is -0.395 e. The highest BCUT2D eigenvalue weighted by Crippen LogP contribution is 2.43. The third kappa shape index (κ3) is 5.46. The van der Waals surface area contributed by atoms with Crippen molar-refractivity contribution in [3.63, 3.8) is 0 Å². The Kier molecular flexibility index (Phi) is 5.86. The van der Waals surface area contributed by atoms with Crippen LogP contribution < -0.4 is 0 Å². The van der Waals surface area contributed by atoms with Gasteiger partial charge in [-0.25, -0.2) is 0 Å². The highest BCUT2D eigenvalue weighted by molar-refractivity contribution is 7.52. The van der Waals surface area contributed by atoms with Crippen LogP contribution in [0.4, 0.5) is 0 Å². The second-order valence-corrected chi connectivity index (χ2v) is 6.07. The molecular weight excluding hydrogens is 239 g/mol. The third-order valence-electron chi connectivity index (χ3n) is 2.78. The molecule has 0 bridgehead atoms. The summed E-state index contributed by atoms with van der Waals surface area (Å²) >= 11 is 0. The zero-order chi connectivity index (χ0) is 12.7. The van der Waals surface area contributed by atoms with Gasteiger partial charge in [-0.15, -0.1) is 0 Å². The van der Waals surface area contributed by atoms with Gasteiger partial charge in [-0.1, -0.05) is 36.8 Å². The lowest BCUT2D eigenvalue weighted by atomic mass is 10.1. The molecule has 0 spiro atoms. The molecule has 0 saturated carbocycles. The van der Waals surface area contributed by atoms with Gasteiger partial charge in [-0.2, -0.15) is 0 Å². The summed E-state index contributed by atoms with van der Waals surface area (Å²) in [5.74, 6) is 0. The van der Waals surface area contributed by atoms with Crippen LogP contribution in [0.5, 0.6) is 0 Å². The number of hydrogen-bond donors (Lipinski definition) is 3. The first kappa shape index (κ1) is 14.4. The Morgan fingerprint density at radius 3 is 2.29 bits per heavy atom. The maximum atomic E-state index is 11.0. The molecule has 3 N–H and O–H groups in total. The Labute approximate surface area is 101 Å². The van der Waals surface area contributed by atoms with Crippen LogP contribution in [0.1, 0.15) is 24.8 Å². The van der Waals surface area contributed by atoms with Gasteiger partial charge in [0.1, 0.15) is 0 Å². The fourth-order valence-electron chi connectivity index (χ4n) is 1.72. The molecule has 1 atom stereocenters. The minimum absolute atomic E-state index is 0.369. The van der Waals surface area contributed by atoms with Gasteiger partial charge in [0, 0.05) is 0 Å². The molecule has 0 aliphatic carbocycles. The summed E-state index contributed by atoms with van der Waals surface area (Å²) in [6, 6.07) is 9.97. The van der Waals surface area contributed by atoms with E-state index in [2.05, 4.69) is 0 Å². The van der Waals surface area contributed by atoms with Crippen molar-refractivity contribution >= 4 is 7.60 Å². The predicted octanol–water partition coefficient (Wildman–Crippen LogP) is 1.94. The maximum Gasteiger partial charge on any atom is 0.330 e. The van der Waals surface area contributed by atoms with Gasteiger partial charge >= 0.3 is 7.60 Å². The number of rotatable bonds is 7. The number of hydrogen-bond acceptors (Lipinski definition) is 2. The highest BCUT2D eigenvalue weighted by Gasteiger charge is 2.26. The Bertz CT molecular complexity index is 360. The van der Waals surface area contributed by atoms with E-state index in [1.807, 2.05) is 30.3 Å². The fourth-order valence-corrected chi connectivity index (χ4v) is 2.45. The quantitative estimate of drug-likeness (QED) is 0.516. The Morgan fingerprint density at radius 2 is 1.76 bits per heavy atom. The Hall–Kier alpha value is -0.670. The topological polar surface area (TPSA) is 77.8 Å². The zero-order valence-electron chi connectivity index (χ0n) is 9.70. The molecule has 1 aromatic rings. The largest absolute Gasteiger partial charge is 0.395 e. The lowest BCUT2D eigenvalue weighted by molar-refractivity contribution is 0.258. The van der Waals surface area contributed by atoms with Crippen LogP contribution in [-0.2, 0) is 11.0 Å². The third-order valence-corrected chi connectivity index (χ3v) is 4.15. The summed E-state index contributed by atoms with van der Waals surface area (Å²) < 4.78 is 11.0. The highest BCUT2D eigenvalue weighted by atomic mass is 31.2. The molecule has 0 aromatic heterocycles. The number of unbranched alkanes of at least 4 members (excludes halogenated alkanes) is 1. The van der Waals surface area contributed by atoms with E-state index < -0.39 is 19.9 Å². The molecule has 1 aromatic carbocycles. The summed E-state index contributed by atoms with van der Waals surface area (Å²) in [7, 11) is -4.14. The summed E-state index contributed by atoms with van der Waals surface area (Å²) in [4.78, 5) is 17.9. The van der Waals surface area contributed by atoms with Crippen molar-refractivity contribution in [1.29, 1.82) is 0 Å². The normalized spacial score (nSPS) is 13.6. The lowest BCUT2D eigenvalue weighted by Crippen LogP contribution is -2.13.